The van der Waals surface area contributed by atoms with Crippen LogP contribution in [0.5, 0.6) is 0 Å². The molecule has 2 rings (SSSR count). The summed E-state index contributed by atoms with van der Waals surface area (Å²) in [5.74, 6) is 1.03. The van der Waals surface area contributed by atoms with Crippen LogP contribution < -0.4 is 5.32 Å². The molecule has 5 nitrogen and oxygen atoms in total. The first-order valence-corrected chi connectivity index (χ1v) is 5.58. The predicted molar refractivity (Wildman–Crippen MR) is 58.4 cm³/mol. The average Bonchev–Trinajstić information content (AvgIpc) is 2.83. The largest absolute Gasteiger partial charge is 0.306 e. The van der Waals surface area contributed by atoms with Gasteiger partial charge in [-0.15, -0.1) is 0 Å². The van der Waals surface area contributed by atoms with Gasteiger partial charge in [0.05, 0.1) is 6.54 Å². The maximum absolute atomic E-state index is 4.24. The maximum atomic E-state index is 4.24. The van der Waals surface area contributed by atoms with Gasteiger partial charge in [-0.1, -0.05) is 0 Å². The molecule has 0 radical (unpaired) electrons. The van der Waals surface area contributed by atoms with Gasteiger partial charge in [0, 0.05) is 19.1 Å². The number of nitrogens with one attached hydrogen (secondary N) is 1. The van der Waals surface area contributed by atoms with E-state index in [0.717, 1.165) is 25.5 Å². The van der Waals surface area contributed by atoms with Crippen molar-refractivity contribution in [3.63, 3.8) is 0 Å². The quantitative estimate of drug-likeness (QED) is 0.763. The van der Waals surface area contributed by atoms with Crippen molar-refractivity contribution < 1.29 is 0 Å². The number of hydrogen-bond donors (Lipinski definition) is 1. The summed E-state index contributed by atoms with van der Waals surface area (Å²) in [5, 5.41) is 7.67. The molecular weight excluding hydrogens is 190 g/mol. The number of nitrogens with zero attached hydrogens (tertiary/aromatic N) is 4. The molecule has 1 aliphatic heterocycles. The maximum Gasteiger partial charge on any atom is 0.140 e. The predicted octanol–water partition coefficient (Wildman–Crippen LogP) is 0.0917. The highest BCUT2D eigenvalue weighted by Gasteiger charge is 2.18. The molecule has 5 heteroatoms. The van der Waals surface area contributed by atoms with Gasteiger partial charge in [0.15, 0.2) is 0 Å². The Hall–Kier alpha value is -0.940. The molecule has 2 heterocycles. The molecule has 1 fully saturated rings. The van der Waals surface area contributed by atoms with Gasteiger partial charge < -0.3 is 10.2 Å². The molecule has 0 saturated carbocycles. The normalized spacial score (nSPS) is 22.4. The summed E-state index contributed by atoms with van der Waals surface area (Å²) in [6, 6.07) is 0.608. The Morgan fingerprint density at radius 2 is 2.47 bits per heavy atom. The highest BCUT2D eigenvalue weighted by Crippen LogP contribution is 2.06. The zero-order valence-electron chi connectivity index (χ0n) is 9.48. The van der Waals surface area contributed by atoms with Gasteiger partial charge in [-0.2, -0.15) is 5.10 Å². The molecule has 1 N–H and O–H groups in total. The Balaban J connectivity index is 1.83. The summed E-state index contributed by atoms with van der Waals surface area (Å²) in [5.41, 5.74) is 0. The molecule has 1 aromatic heterocycles. The van der Waals surface area contributed by atoms with E-state index in [-0.39, 0.29) is 0 Å². The van der Waals surface area contributed by atoms with Gasteiger partial charge in [-0.05, 0) is 26.9 Å². The standard InChI is InChI=1S/C10H19N5/c1-3-15-10(12-8-13-15)6-11-9-4-5-14(2)7-9/h8-9,11H,3-7H2,1-2H3. The highest BCUT2D eigenvalue weighted by molar-refractivity contribution is 4.87. The summed E-state index contributed by atoms with van der Waals surface area (Å²) in [4.78, 5) is 6.59. The molecule has 84 valence electrons. The van der Waals surface area contributed by atoms with Gasteiger partial charge in [-0.25, -0.2) is 9.67 Å². The molecule has 0 bridgehead atoms. The summed E-state index contributed by atoms with van der Waals surface area (Å²) >= 11 is 0. The van der Waals surface area contributed by atoms with E-state index in [1.807, 2.05) is 4.68 Å². The van der Waals surface area contributed by atoms with E-state index in [0.29, 0.717) is 6.04 Å². The van der Waals surface area contributed by atoms with Crippen molar-refractivity contribution in [3.8, 4) is 0 Å². The van der Waals surface area contributed by atoms with E-state index in [1.54, 1.807) is 6.33 Å². The van der Waals surface area contributed by atoms with Crippen LogP contribution in [0.15, 0.2) is 6.33 Å². The molecule has 0 aliphatic carbocycles. The van der Waals surface area contributed by atoms with E-state index in [2.05, 4.69) is 34.3 Å². The molecule has 15 heavy (non-hydrogen) atoms. The highest BCUT2D eigenvalue weighted by atomic mass is 15.3. The van der Waals surface area contributed by atoms with Gasteiger partial charge in [0.1, 0.15) is 12.2 Å². The first kappa shape index (κ1) is 10.6. The van der Waals surface area contributed by atoms with Gasteiger partial charge in [0.2, 0.25) is 0 Å². The van der Waals surface area contributed by atoms with Gasteiger partial charge >= 0.3 is 0 Å². The lowest BCUT2D eigenvalue weighted by atomic mass is 10.2. The fourth-order valence-electron chi connectivity index (χ4n) is 2.03. The van der Waals surface area contributed by atoms with Crippen molar-refractivity contribution >= 4 is 0 Å². The number of rotatable bonds is 4. The minimum absolute atomic E-state index is 0.608. The second-order valence-electron chi connectivity index (χ2n) is 4.12. The third kappa shape index (κ3) is 2.54. The molecule has 1 aliphatic rings. The number of likely N-dealkylation sites (tertiary alicyclic amines) is 1. The van der Waals surface area contributed by atoms with E-state index >= 15 is 0 Å². The van der Waals surface area contributed by atoms with Crippen molar-refractivity contribution in [1.29, 1.82) is 0 Å². The third-order valence-corrected chi connectivity index (χ3v) is 2.94. The van der Waals surface area contributed by atoms with Crippen LogP contribution in [0, 0.1) is 0 Å². The molecule has 0 amide bonds. The van der Waals surface area contributed by atoms with E-state index in [9.17, 15) is 0 Å². The summed E-state index contributed by atoms with van der Waals surface area (Å²) in [6.45, 7) is 6.13. The lowest BCUT2D eigenvalue weighted by Crippen LogP contribution is -2.32. The number of aryl methyl sites for hydroxylation is 1. The molecular formula is C10H19N5. The smallest absolute Gasteiger partial charge is 0.140 e. The van der Waals surface area contributed by atoms with Crippen LogP contribution in [-0.2, 0) is 13.1 Å². The van der Waals surface area contributed by atoms with Crippen LogP contribution in [0.4, 0.5) is 0 Å². The zero-order chi connectivity index (χ0) is 10.7. The van der Waals surface area contributed by atoms with Gasteiger partial charge in [-0.3, -0.25) is 0 Å². The zero-order valence-corrected chi connectivity index (χ0v) is 9.48. The van der Waals surface area contributed by atoms with E-state index in [1.165, 1.54) is 13.0 Å². The van der Waals surface area contributed by atoms with Crippen molar-refractivity contribution in [3.05, 3.63) is 12.2 Å². The number of likely N-dealkylation sites (N-methyl/N-ethyl adjacent to an activating group) is 1. The van der Waals surface area contributed by atoms with Gasteiger partial charge in [0.25, 0.3) is 0 Å². The fourth-order valence-corrected chi connectivity index (χ4v) is 2.03. The second kappa shape index (κ2) is 4.72. The first-order valence-electron chi connectivity index (χ1n) is 5.58. The van der Waals surface area contributed by atoms with Crippen LogP contribution in [0.3, 0.4) is 0 Å². The first-order chi connectivity index (χ1) is 7.29. The van der Waals surface area contributed by atoms with Crippen molar-refractivity contribution in [2.75, 3.05) is 20.1 Å². The fraction of sp³-hybridized carbons (Fsp3) is 0.800. The molecule has 1 aromatic rings. The Bertz CT molecular complexity index is 309. The van der Waals surface area contributed by atoms with Crippen LogP contribution >= 0.6 is 0 Å². The van der Waals surface area contributed by atoms with Crippen molar-refractivity contribution in [1.82, 2.24) is 25.0 Å². The Kier molecular flexibility index (Phi) is 3.33. The Morgan fingerprint density at radius 1 is 1.60 bits per heavy atom. The topological polar surface area (TPSA) is 46.0 Å². The Morgan fingerprint density at radius 3 is 3.13 bits per heavy atom. The van der Waals surface area contributed by atoms with Crippen molar-refractivity contribution in [2.45, 2.75) is 32.5 Å². The number of hydrogen-bond acceptors (Lipinski definition) is 4. The SMILES string of the molecule is CCn1ncnc1CNC1CCN(C)C1. The van der Waals surface area contributed by atoms with Crippen LogP contribution in [0.1, 0.15) is 19.2 Å². The second-order valence-corrected chi connectivity index (χ2v) is 4.12. The summed E-state index contributed by atoms with van der Waals surface area (Å²) < 4.78 is 1.94. The Labute approximate surface area is 90.5 Å². The summed E-state index contributed by atoms with van der Waals surface area (Å²) in [7, 11) is 2.16. The molecule has 1 unspecified atom stereocenters. The van der Waals surface area contributed by atoms with Crippen LogP contribution in [0.25, 0.3) is 0 Å². The molecule has 1 saturated heterocycles. The van der Waals surface area contributed by atoms with E-state index < -0.39 is 0 Å². The van der Waals surface area contributed by atoms with Crippen LogP contribution in [0.2, 0.25) is 0 Å². The van der Waals surface area contributed by atoms with E-state index in [4.69, 9.17) is 0 Å². The lowest BCUT2D eigenvalue weighted by molar-refractivity contribution is 0.395. The minimum atomic E-state index is 0.608. The summed E-state index contributed by atoms with van der Waals surface area (Å²) in [6.07, 6.45) is 2.86. The number of aromatic nitrogens is 3. The monoisotopic (exact) mass is 209 g/mol. The van der Waals surface area contributed by atoms with Crippen molar-refractivity contribution in [2.24, 2.45) is 0 Å². The molecule has 1 atom stereocenters. The molecule has 0 aromatic carbocycles. The molecule has 0 spiro atoms. The third-order valence-electron chi connectivity index (χ3n) is 2.94. The van der Waals surface area contributed by atoms with Crippen LogP contribution in [-0.4, -0.2) is 45.8 Å². The average molecular weight is 209 g/mol. The minimum Gasteiger partial charge on any atom is -0.306 e. The lowest BCUT2D eigenvalue weighted by Gasteiger charge is -2.12.